The number of ketones is 1. The Bertz CT molecular complexity index is 1100. The Kier molecular flexibility index (Phi) is 12.4. The number of carbonyl (C=O) groups excluding carboxylic acids is 6. The number of nitrogens with one attached hydrogen (secondary N) is 3. The van der Waals surface area contributed by atoms with Gasteiger partial charge in [-0.25, -0.2) is 4.98 Å². The number of alkyl halides is 1. The first-order chi connectivity index (χ1) is 18.8. The third-order valence-corrected chi connectivity index (χ3v) is 7.90. The number of primary amides is 1. The maximum Gasteiger partial charge on any atom is 0.287 e. The highest BCUT2D eigenvalue weighted by Crippen LogP contribution is 2.27. The zero-order valence-corrected chi connectivity index (χ0v) is 25.5. The molecule has 5 atom stereocenters. The lowest BCUT2D eigenvalue weighted by atomic mass is 9.98. The van der Waals surface area contributed by atoms with Gasteiger partial charge in [0.25, 0.3) is 11.8 Å². The number of nitrogens with zero attached hydrogens (tertiary/aromatic N) is 3. The molecule has 1 unspecified atom stereocenters. The molecule has 220 valence electrons. The molecule has 0 aliphatic carbocycles. The second-order valence-electron chi connectivity index (χ2n) is 10.4. The normalized spacial score (nSPS) is 19.1. The van der Waals surface area contributed by atoms with Crippen LogP contribution in [0, 0.1) is 11.8 Å². The summed E-state index contributed by atoms with van der Waals surface area (Å²) in [5.74, 6) is -4.86. The average molecular weight is 672 g/mol. The van der Waals surface area contributed by atoms with Crippen molar-refractivity contribution in [3.05, 3.63) is 24.3 Å². The lowest BCUT2D eigenvalue weighted by molar-refractivity contribution is -0.143. The van der Waals surface area contributed by atoms with Crippen LogP contribution in [0.1, 0.15) is 64.4 Å². The van der Waals surface area contributed by atoms with E-state index in [2.05, 4.69) is 48.5 Å². The highest BCUT2D eigenvalue weighted by Gasteiger charge is 2.44. The molecule has 1 aliphatic heterocycles. The van der Waals surface area contributed by atoms with Crippen molar-refractivity contribution in [2.24, 2.45) is 17.6 Å². The molecule has 2 rings (SSSR count). The monoisotopic (exact) mass is 671 g/mol. The van der Waals surface area contributed by atoms with Gasteiger partial charge in [-0.1, -0.05) is 63.6 Å². The standard InChI is InChI=1S/C26H38IN7O6/c1-6-7-16(21(35)22(28)36)31-25(39)20-15(27)8-11-34(20)26(40)19(14(4)5)33-24(38)18(13(2)3)32-23(37)17-12-29-9-10-30-17/h9-10,12-16,18-20H,6-8,11H2,1-5H3,(H2,28,36)(H,31,39)(H,32,37)(H,33,38)/t15-,16?,18-,19-,20-/m0/s1. The van der Waals surface area contributed by atoms with Crippen LogP contribution in [0.15, 0.2) is 18.6 Å². The largest absolute Gasteiger partial charge is 0.363 e. The van der Waals surface area contributed by atoms with Crippen molar-refractivity contribution in [2.75, 3.05) is 6.54 Å². The molecule has 14 heteroatoms. The van der Waals surface area contributed by atoms with Gasteiger partial charge in [0.15, 0.2) is 0 Å². The molecule has 40 heavy (non-hydrogen) atoms. The minimum atomic E-state index is -1.14. The fourth-order valence-electron chi connectivity index (χ4n) is 4.40. The van der Waals surface area contributed by atoms with Gasteiger partial charge in [0.1, 0.15) is 23.8 Å². The minimum absolute atomic E-state index is 0.0487. The van der Waals surface area contributed by atoms with Crippen molar-refractivity contribution in [1.29, 1.82) is 0 Å². The summed E-state index contributed by atoms with van der Waals surface area (Å²) in [6.45, 7) is 9.12. The number of Topliss-reactive ketones (excluding diaryl/α,β-unsaturated/α-hetero) is 1. The van der Waals surface area contributed by atoms with E-state index in [9.17, 15) is 28.8 Å². The van der Waals surface area contributed by atoms with E-state index >= 15 is 0 Å². The summed E-state index contributed by atoms with van der Waals surface area (Å²) >= 11 is 2.08. The van der Waals surface area contributed by atoms with Crippen LogP contribution in [0.25, 0.3) is 0 Å². The zero-order chi connectivity index (χ0) is 30.1. The summed E-state index contributed by atoms with van der Waals surface area (Å²) in [4.78, 5) is 85.9. The molecule has 5 amide bonds. The number of carbonyl (C=O) groups is 6. The molecule has 1 aliphatic rings. The van der Waals surface area contributed by atoms with Gasteiger partial charge in [0.2, 0.25) is 23.5 Å². The van der Waals surface area contributed by atoms with Crippen LogP contribution in [-0.2, 0) is 24.0 Å². The number of hydrogen-bond acceptors (Lipinski definition) is 8. The third-order valence-electron chi connectivity index (χ3n) is 6.59. The van der Waals surface area contributed by atoms with Crippen molar-refractivity contribution in [1.82, 2.24) is 30.8 Å². The summed E-state index contributed by atoms with van der Waals surface area (Å²) in [6, 6.07) is -3.95. The van der Waals surface area contributed by atoms with Crippen molar-refractivity contribution in [3.63, 3.8) is 0 Å². The first-order valence-electron chi connectivity index (χ1n) is 13.3. The third kappa shape index (κ3) is 8.41. The van der Waals surface area contributed by atoms with Crippen LogP contribution in [0.5, 0.6) is 0 Å². The van der Waals surface area contributed by atoms with Crippen molar-refractivity contribution < 1.29 is 28.8 Å². The van der Waals surface area contributed by atoms with Crippen LogP contribution in [-0.4, -0.2) is 84.8 Å². The molecule has 0 bridgehead atoms. The van der Waals surface area contributed by atoms with E-state index in [4.69, 9.17) is 5.73 Å². The van der Waals surface area contributed by atoms with E-state index in [0.717, 1.165) is 0 Å². The van der Waals surface area contributed by atoms with Crippen LogP contribution in [0.4, 0.5) is 0 Å². The van der Waals surface area contributed by atoms with Crippen molar-refractivity contribution in [3.8, 4) is 0 Å². The second kappa shape index (κ2) is 15.0. The summed E-state index contributed by atoms with van der Waals surface area (Å²) in [7, 11) is 0. The van der Waals surface area contributed by atoms with Gasteiger partial charge in [-0.05, 0) is 24.7 Å². The maximum atomic E-state index is 13.8. The molecule has 5 N–H and O–H groups in total. The lowest BCUT2D eigenvalue weighted by Gasteiger charge is -2.33. The van der Waals surface area contributed by atoms with Crippen LogP contribution >= 0.6 is 22.6 Å². The maximum absolute atomic E-state index is 13.8. The Morgan fingerprint density at radius 1 is 1.02 bits per heavy atom. The van der Waals surface area contributed by atoms with E-state index in [1.54, 1.807) is 34.6 Å². The number of hydrogen-bond donors (Lipinski definition) is 4. The molecule has 1 saturated heterocycles. The van der Waals surface area contributed by atoms with Crippen LogP contribution in [0.2, 0.25) is 0 Å². The van der Waals surface area contributed by atoms with E-state index in [1.165, 1.54) is 23.5 Å². The van der Waals surface area contributed by atoms with Gasteiger partial charge < -0.3 is 26.6 Å². The van der Waals surface area contributed by atoms with Gasteiger partial charge in [-0.2, -0.15) is 0 Å². The van der Waals surface area contributed by atoms with E-state index in [-0.39, 0.29) is 34.4 Å². The van der Waals surface area contributed by atoms with Gasteiger partial charge in [0, 0.05) is 22.9 Å². The smallest absolute Gasteiger partial charge is 0.287 e. The molecule has 13 nitrogen and oxygen atoms in total. The van der Waals surface area contributed by atoms with Crippen LogP contribution in [0.3, 0.4) is 0 Å². The Hall–Kier alpha value is -3.17. The molecule has 2 heterocycles. The van der Waals surface area contributed by atoms with E-state index in [1.807, 2.05) is 0 Å². The predicted molar refractivity (Wildman–Crippen MR) is 154 cm³/mol. The fraction of sp³-hybridized carbons (Fsp3) is 0.615. The number of nitrogens with two attached hydrogens (primary N) is 1. The summed E-state index contributed by atoms with van der Waals surface area (Å²) in [5, 5.41) is 8.03. The molecular weight excluding hydrogens is 633 g/mol. The molecule has 0 saturated carbocycles. The first kappa shape index (κ1) is 33.0. The SMILES string of the molecule is CCCC(NC(=O)[C@@H]1[C@@H](I)CCN1C(=O)[C@@H](NC(=O)[C@@H](NC(=O)c1cnccn1)C(C)C)C(C)C)C(=O)C(N)=O. The molecule has 0 radical (unpaired) electrons. The summed E-state index contributed by atoms with van der Waals surface area (Å²) in [6.07, 6.45) is 5.34. The summed E-state index contributed by atoms with van der Waals surface area (Å²) < 4.78 is -0.259. The molecule has 1 aromatic heterocycles. The number of aromatic nitrogens is 2. The Labute approximate surface area is 247 Å². The summed E-state index contributed by atoms with van der Waals surface area (Å²) in [5.41, 5.74) is 5.20. The van der Waals surface area contributed by atoms with Gasteiger partial charge >= 0.3 is 0 Å². The Morgan fingerprint density at radius 2 is 1.68 bits per heavy atom. The van der Waals surface area contributed by atoms with Gasteiger partial charge in [0.05, 0.1) is 12.2 Å². The van der Waals surface area contributed by atoms with E-state index < -0.39 is 59.5 Å². The van der Waals surface area contributed by atoms with Gasteiger partial charge in [-0.15, -0.1) is 0 Å². The topological polar surface area (TPSA) is 194 Å². The Morgan fingerprint density at radius 3 is 2.20 bits per heavy atom. The minimum Gasteiger partial charge on any atom is -0.363 e. The molecule has 0 aromatic carbocycles. The van der Waals surface area contributed by atoms with Crippen molar-refractivity contribution >= 4 is 57.9 Å². The fourth-order valence-corrected chi connectivity index (χ4v) is 5.39. The highest BCUT2D eigenvalue weighted by atomic mass is 127. The molecule has 1 fully saturated rings. The van der Waals surface area contributed by atoms with Gasteiger partial charge in [-0.3, -0.25) is 33.8 Å². The van der Waals surface area contributed by atoms with Crippen molar-refractivity contribution in [2.45, 2.75) is 82.0 Å². The molecular formula is C26H38IN7O6. The Balaban J connectivity index is 2.22. The molecule has 1 aromatic rings. The van der Waals surface area contributed by atoms with Crippen LogP contribution < -0.4 is 21.7 Å². The quantitative estimate of drug-likeness (QED) is 0.129. The first-order valence-corrected chi connectivity index (χ1v) is 14.5. The number of amides is 5. The zero-order valence-electron chi connectivity index (χ0n) is 23.3. The highest BCUT2D eigenvalue weighted by molar-refractivity contribution is 14.1. The molecule has 0 spiro atoms. The predicted octanol–water partition coefficient (Wildman–Crippen LogP) is 0.116. The number of halogens is 1. The second-order valence-corrected chi connectivity index (χ2v) is 12.0. The lowest BCUT2D eigenvalue weighted by Crippen LogP contribution is -2.60. The number of rotatable bonds is 13. The average Bonchev–Trinajstić information content (AvgIpc) is 3.30. The van der Waals surface area contributed by atoms with E-state index in [0.29, 0.717) is 12.8 Å². The number of likely N-dealkylation sites (tertiary alicyclic amines) is 1.